The van der Waals surface area contributed by atoms with Gasteiger partial charge < -0.3 is 24.3 Å². The Morgan fingerprint density at radius 3 is 1.33 bits per heavy atom. The third kappa shape index (κ3) is 301. The quantitative estimate of drug-likeness (QED) is 0.327. The summed E-state index contributed by atoms with van der Waals surface area (Å²) in [4.78, 5) is 30.6. The molecule has 0 aromatic rings. The molecule has 0 bridgehead atoms. The largest absolute Gasteiger partial charge is 2.00 e. The first-order valence-corrected chi connectivity index (χ1v) is 3.62. The topological polar surface area (TPSA) is 107 Å². The smallest absolute Gasteiger partial charge is 0.855 e. The van der Waals surface area contributed by atoms with E-state index in [4.69, 9.17) is 24.3 Å². The molecule has 0 rings (SSSR count). The van der Waals surface area contributed by atoms with Gasteiger partial charge in [-0.3, -0.25) is 0 Å². The van der Waals surface area contributed by atoms with Crippen molar-refractivity contribution >= 4 is 46.8 Å². The monoisotopic (exact) mass is 180 g/mol. The number of hydrogen-bond acceptors (Lipinski definition) is 5. The Hall–Kier alpha value is 1.28. The normalized spacial score (nSPS) is 8.67. The summed E-state index contributed by atoms with van der Waals surface area (Å²) in [6.45, 7) is 1.57. The molecule has 52 valence electrons. The summed E-state index contributed by atoms with van der Waals surface area (Å²) in [5.74, 6) is 0. The molecule has 0 saturated heterocycles. The molecular formula is C2H8CaO5Si. The standard InChI is InChI=1S/C2H5O.Ca.H3O4Si/c1-2-3;;1-5(2,3)4/h2H2,1H3;;1-3H/q-1;+2;-1. The van der Waals surface area contributed by atoms with E-state index < -0.39 is 9.05 Å². The molecule has 0 heterocycles. The molecule has 0 atom stereocenters. The van der Waals surface area contributed by atoms with Crippen molar-refractivity contribution in [1.29, 1.82) is 0 Å². The molecule has 0 amide bonds. The molecule has 0 aliphatic carbocycles. The summed E-state index contributed by atoms with van der Waals surface area (Å²) in [6, 6.07) is 0. The summed E-state index contributed by atoms with van der Waals surface area (Å²) in [6.07, 6.45) is 0. The molecule has 0 aromatic carbocycles. The second kappa shape index (κ2) is 9.28. The van der Waals surface area contributed by atoms with Crippen molar-refractivity contribution in [2.75, 3.05) is 6.61 Å². The maximum absolute atomic E-state index is 8.93. The van der Waals surface area contributed by atoms with Crippen LogP contribution in [0.4, 0.5) is 0 Å². The van der Waals surface area contributed by atoms with Gasteiger partial charge in [0.15, 0.2) is 0 Å². The minimum absolute atomic E-state index is 0. The van der Waals surface area contributed by atoms with Gasteiger partial charge in [0.1, 0.15) is 0 Å². The van der Waals surface area contributed by atoms with Crippen LogP contribution >= 0.6 is 0 Å². The van der Waals surface area contributed by atoms with E-state index in [1.54, 1.807) is 6.92 Å². The fourth-order valence-electron chi connectivity index (χ4n) is 0. The molecule has 0 fully saturated rings. The van der Waals surface area contributed by atoms with Gasteiger partial charge in [0, 0.05) is 0 Å². The fourth-order valence-corrected chi connectivity index (χ4v) is 0. The second-order valence-corrected chi connectivity index (χ2v) is 2.01. The van der Waals surface area contributed by atoms with Gasteiger partial charge >= 0.3 is 46.8 Å². The molecule has 0 aliphatic heterocycles. The Morgan fingerprint density at radius 1 is 1.33 bits per heavy atom. The average molecular weight is 180 g/mol. The minimum Gasteiger partial charge on any atom is -0.855 e. The first kappa shape index (κ1) is 16.7. The zero-order valence-electron chi connectivity index (χ0n) is 5.07. The van der Waals surface area contributed by atoms with E-state index in [9.17, 15) is 0 Å². The maximum atomic E-state index is 8.93. The van der Waals surface area contributed by atoms with Gasteiger partial charge in [-0.05, 0) is 0 Å². The molecular weight excluding hydrogens is 172 g/mol. The predicted octanol–water partition coefficient (Wildman–Crippen LogP) is -4.25. The Kier molecular flexibility index (Phi) is 17.2. The van der Waals surface area contributed by atoms with Gasteiger partial charge in [0.05, 0.1) is 0 Å². The van der Waals surface area contributed by atoms with Crippen LogP contribution in [0.25, 0.3) is 0 Å². The summed E-state index contributed by atoms with van der Waals surface area (Å²) in [7, 11) is -4.86. The van der Waals surface area contributed by atoms with E-state index in [1.807, 2.05) is 0 Å². The molecule has 0 unspecified atom stereocenters. The summed E-state index contributed by atoms with van der Waals surface area (Å²) < 4.78 is 0. The van der Waals surface area contributed by atoms with Gasteiger partial charge in [-0.1, -0.05) is 6.92 Å². The van der Waals surface area contributed by atoms with E-state index in [0.717, 1.165) is 0 Å². The van der Waals surface area contributed by atoms with E-state index in [1.165, 1.54) is 0 Å². The molecule has 5 nitrogen and oxygen atoms in total. The van der Waals surface area contributed by atoms with Crippen LogP contribution in [0, 0.1) is 0 Å². The van der Waals surface area contributed by atoms with Crippen molar-refractivity contribution in [2.45, 2.75) is 6.92 Å². The third-order valence-electron chi connectivity index (χ3n) is 0. The Morgan fingerprint density at radius 2 is 1.33 bits per heavy atom. The number of rotatable bonds is 0. The molecule has 7 heteroatoms. The molecule has 9 heavy (non-hydrogen) atoms. The van der Waals surface area contributed by atoms with Crippen LogP contribution in [0.2, 0.25) is 0 Å². The van der Waals surface area contributed by atoms with Crippen LogP contribution in [0.1, 0.15) is 6.92 Å². The SMILES string of the molecule is CC[O-].[Ca+2].[O-][Si](O)(O)O. The van der Waals surface area contributed by atoms with Crippen molar-refractivity contribution in [3.63, 3.8) is 0 Å². The first-order valence-electron chi connectivity index (χ1n) is 1.87. The van der Waals surface area contributed by atoms with Crippen molar-refractivity contribution in [3.05, 3.63) is 0 Å². The van der Waals surface area contributed by atoms with Gasteiger partial charge in [0.2, 0.25) is 0 Å². The van der Waals surface area contributed by atoms with E-state index in [2.05, 4.69) is 0 Å². The molecule has 0 spiro atoms. The molecule has 3 N–H and O–H groups in total. The average Bonchev–Trinajstić information content (AvgIpc) is 1.27. The van der Waals surface area contributed by atoms with Crippen molar-refractivity contribution in [3.8, 4) is 0 Å². The summed E-state index contributed by atoms with van der Waals surface area (Å²) >= 11 is 0. The van der Waals surface area contributed by atoms with Crippen LogP contribution in [0.5, 0.6) is 0 Å². The molecule has 0 radical (unpaired) electrons. The van der Waals surface area contributed by atoms with Crippen LogP contribution in [0.3, 0.4) is 0 Å². The van der Waals surface area contributed by atoms with Gasteiger partial charge in [-0.15, -0.1) is 6.61 Å². The Balaban J connectivity index is -0.0000000800. The van der Waals surface area contributed by atoms with Crippen LogP contribution in [-0.4, -0.2) is 67.8 Å². The number of hydrogen-bond donors (Lipinski definition) is 3. The zero-order chi connectivity index (χ0) is 7.21. The predicted molar refractivity (Wildman–Crippen MR) is 28.7 cm³/mol. The molecule has 0 aliphatic rings. The van der Waals surface area contributed by atoms with Crippen molar-refractivity contribution < 1.29 is 24.3 Å². The zero-order valence-corrected chi connectivity index (χ0v) is 8.28. The van der Waals surface area contributed by atoms with Crippen molar-refractivity contribution in [1.82, 2.24) is 0 Å². The molecule has 0 saturated carbocycles. The van der Waals surface area contributed by atoms with Gasteiger partial charge in [-0.2, -0.15) is 0 Å². The molecule has 0 aromatic heterocycles. The maximum Gasteiger partial charge on any atom is 2.00 e. The third-order valence-corrected chi connectivity index (χ3v) is 0. The minimum atomic E-state index is -4.86. The van der Waals surface area contributed by atoms with Gasteiger partial charge in [-0.25, -0.2) is 0 Å². The van der Waals surface area contributed by atoms with E-state index in [-0.39, 0.29) is 44.3 Å². The van der Waals surface area contributed by atoms with Crippen LogP contribution in [-0.2, 0) is 0 Å². The first-order chi connectivity index (χ1) is 3.41. The van der Waals surface area contributed by atoms with Crippen molar-refractivity contribution in [2.24, 2.45) is 0 Å². The Labute approximate surface area is 84.1 Å². The summed E-state index contributed by atoms with van der Waals surface area (Å²) in [5.41, 5.74) is 0. The van der Waals surface area contributed by atoms with Crippen LogP contribution < -0.4 is 9.90 Å². The van der Waals surface area contributed by atoms with Gasteiger partial charge in [0.25, 0.3) is 0 Å². The fraction of sp³-hybridized carbons (Fsp3) is 1.00. The van der Waals surface area contributed by atoms with E-state index >= 15 is 0 Å². The van der Waals surface area contributed by atoms with E-state index in [0.29, 0.717) is 0 Å². The summed E-state index contributed by atoms with van der Waals surface area (Å²) in [5, 5.41) is 8.93. The van der Waals surface area contributed by atoms with Crippen LogP contribution in [0.15, 0.2) is 0 Å². The Bertz CT molecular complexity index is 38.7. The second-order valence-electron chi connectivity index (χ2n) is 0.863.